The van der Waals surface area contributed by atoms with Gasteiger partial charge in [-0.25, -0.2) is 8.78 Å². The highest BCUT2D eigenvalue weighted by molar-refractivity contribution is 5.96. The van der Waals surface area contributed by atoms with E-state index in [-0.39, 0.29) is 17.2 Å². The lowest BCUT2D eigenvalue weighted by Gasteiger charge is -2.20. The molecular formula is C13H13F2NO3. The van der Waals surface area contributed by atoms with Gasteiger partial charge >= 0.3 is 5.97 Å². The second-order valence-corrected chi connectivity index (χ2v) is 4.64. The minimum absolute atomic E-state index is 0.149. The average molecular weight is 269 g/mol. The normalized spacial score (nSPS) is 14.3. The van der Waals surface area contributed by atoms with Gasteiger partial charge in [-0.1, -0.05) is 0 Å². The Hall–Kier alpha value is -1.98. The molecule has 0 saturated heterocycles. The van der Waals surface area contributed by atoms with Crippen molar-refractivity contribution in [3.63, 3.8) is 0 Å². The standard InChI is InChI=1S/C13H13F2NO3/c1-7-4-9(11(15)5-10(7)14)13(19)16(6-12(17)18)8-2-3-8/h4-5,8H,2-3,6H2,1H3,(H,17,18). The Kier molecular flexibility index (Phi) is 3.50. The molecule has 1 aromatic carbocycles. The second kappa shape index (κ2) is 4.95. The zero-order valence-electron chi connectivity index (χ0n) is 10.3. The summed E-state index contributed by atoms with van der Waals surface area (Å²) in [5.74, 6) is -3.56. The van der Waals surface area contributed by atoms with E-state index in [1.54, 1.807) is 0 Å². The van der Waals surface area contributed by atoms with Crippen molar-refractivity contribution in [1.29, 1.82) is 0 Å². The summed E-state index contributed by atoms with van der Waals surface area (Å²) in [6.07, 6.45) is 1.42. The highest BCUT2D eigenvalue weighted by Gasteiger charge is 2.35. The number of hydrogen-bond acceptors (Lipinski definition) is 2. The average Bonchev–Trinajstić information content (AvgIpc) is 3.14. The fourth-order valence-electron chi connectivity index (χ4n) is 1.87. The molecule has 6 heteroatoms. The summed E-state index contributed by atoms with van der Waals surface area (Å²) in [4.78, 5) is 24.0. The molecule has 1 aromatic rings. The van der Waals surface area contributed by atoms with Crippen molar-refractivity contribution >= 4 is 11.9 Å². The van der Waals surface area contributed by atoms with Crippen molar-refractivity contribution < 1.29 is 23.5 Å². The van der Waals surface area contributed by atoms with E-state index in [2.05, 4.69) is 0 Å². The highest BCUT2D eigenvalue weighted by atomic mass is 19.1. The molecule has 0 heterocycles. The van der Waals surface area contributed by atoms with E-state index in [0.717, 1.165) is 11.0 Å². The van der Waals surface area contributed by atoms with Crippen molar-refractivity contribution in [3.05, 3.63) is 34.9 Å². The number of nitrogens with zero attached hydrogens (tertiary/aromatic N) is 1. The van der Waals surface area contributed by atoms with E-state index in [4.69, 9.17) is 5.11 Å². The Balaban J connectivity index is 2.31. The van der Waals surface area contributed by atoms with Gasteiger partial charge in [0.25, 0.3) is 5.91 Å². The van der Waals surface area contributed by atoms with Crippen LogP contribution in [0.15, 0.2) is 12.1 Å². The van der Waals surface area contributed by atoms with Gasteiger partial charge in [-0.15, -0.1) is 0 Å². The lowest BCUT2D eigenvalue weighted by Crippen LogP contribution is -2.38. The molecule has 0 atom stereocenters. The molecule has 1 amide bonds. The van der Waals surface area contributed by atoms with E-state index >= 15 is 0 Å². The molecule has 0 bridgehead atoms. The van der Waals surface area contributed by atoms with Crippen LogP contribution in [0.5, 0.6) is 0 Å². The van der Waals surface area contributed by atoms with Crippen LogP contribution in [0, 0.1) is 18.6 Å². The third-order valence-corrected chi connectivity index (χ3v) is 3.03. The molecule has 0 spiro atoms. The van der Waals surface area contributed by atoms with E-state index < -0.39 is 30.1 Å². The third kappa shape index (κ3) is 2.89. The summed E-state index contributed by atoms with van der Waals surface area (Å²) in [5, 5.41) is 8.78. The predicted molar refractivity (Wildman–Crippen MR) is 62.8 cm³/mol. The quantitative estimate of drug-likeness (QED) is 0.909. The van der Waals surface area contributed by atoms with Crippen LogP contribution in [0.4, 0.5) is 8.78 Å². The maximum Gasteiger partial charge on any atom is 0.323 e. The summed E-state index contributed by atoms with van der Waals surface area (Å²) in [7, 11) is 0. The fraction of sp³-hybridized carbons (Fsp3) is 0.385. The molecule has 1 fully saturated rings. The molecule has 1 saturated carbocycles. The lowest BCUT2D eigenvalue weighted by atomic mass is 10.1. The van der Waals surface area contributed by atoms with Crippen molar-refractivity contribution in [3.8, 4) is 0 Å². The van der Waals surface area contributed by atoms with Crippen LogP contribution in [0.2, 0.25) is 0 Å². The predicted octanol–water partition coefficient (Wildman–Crippen LogP) is 1.96. The monoisotopic (exact) mass is 269 g/mol. The lowest BCUT2D eigenvalue weighted by molar-refractivity contribution is -0.137. The number of halogens is 2. The van der Waals surface area contributed by atoms with Crippen LogP contribution in [-0.4, -0.2) is 34.5 Å². The number of carboxylic acids is 1. The first-order chi connectivity index (χ1) is 8.90. The van der Waals surface area contributed by atoms with Gasteiger partial charge in [-0.05, 0) is 31.4 Å². The molecule has 102 valence electrons. The summed E-state index contributed by atoms with van der Waals surface area (Å²) < 4.78 is 26.8. The molecule has 0 aliphatic heterocycles. The number of carbonyl (C=O) groups is 2. The summed E-state index contributed by atoms with van der Waals surface area (Å²) >= 11 is 0. The zero-order chi connectivity index (χ0) is 14.2. The van der Waals surface area contributed by atoms with Crippen LogP contribution >= 0.6 is 0 Å². The Morgan fingerprint density at radius 1 is 1.32 bits per heavy atom. The van der Waals surface area contributed by atoms with Gasteiger partial charge in [0.05, 0.1) is 5.56 Å². The van der Waals surface area contributed by atoms with Gasteiger partial charge in [-0.2, -0.15) is 0 Å². The Bertz CT molecular complexity index is 541. The van der Waals surface area contributed by atoms with E-state index in [1.807, 2.05) is 0 Å². The van der Waals surface area contributed by atoms with E-state index in [0.29, 0.717) is 18.9 Å². The van der Waals surface area contributed by atoms with Crippen LogP contribution < -0.4 is 0 Å². The smallest absolute Gasteiger partial charge is 0.323 e. The van der Waals surface area contributed by atoms with Gasteiger partial charge in [0.1, 0.15) is 18.2 Å². The first-order valence-corrected chi connectivity index (χ1v) is 5.88. The number of hydrogen-bond donors (Lipinski definition) is 1. The first-order valence-electron chi connectivity index (χ1n) is 5.88. The van der Waals surface area contributed by atoms with Gasteiger partial charge in [-0.3, -0.25) is 9.59 Å². The number of carboxylic acid groups (broad SMARTS) is 1. The molecule has 0 unspecified atom stereocenters. The molecule has 2 rings (SSSR count). The Morgan fingerprint density at radius 2 is 1.95 bits per heavy atom. The minimum atomic E-state index is -1.15. The molecule has 0 radical (unpaired) electrons. The molecule has 1 N–H and O–H groups in total. The molecule has 19 heavy (non-hydrogen) atoms. The topological polar surface area (TPSA) is 57.6 Å². The number of aryl methyl sites for hydroxylation is 1. The van der Waals surface area contributed by atoms with E-state index in [1.165, 1.54) is 6.92 Å². The summed E-state index contributed by atoms with van der Waals surface area (Å²) in [5.41, 5.74) is -0.136. The molecule has 1 aliphatic rings. The van der Waals surface area contributed by atoms with Crippen molar-refractivity contribution in [2.45, 2.75) is 25.8 Å². The van der Waals surface area contributed by atoms with Crippen LogP contribution in [0.3, 0.4) is 0 Å². The molecule has 4 nitrogen and oxygen atoms in total. The van der Waals surface area contributed by atoms with Crippen molar-refractivity contribution in [2.75, 3.05) is 6.54 Å². The highest BCUT2D eigenvalue weighted by Crippen LogP contribution is 2.29. The third-order valence-electron chi connectivity index (χ3n) is 3.03. The summed E-state index contributed by atoms with van der Waals surface area (Å²) in [6.45, 7) is 0.948. The number of benzene rings is 1. The fourth-order valence-corrected chi connectivity index (χ4v) is 1.87. The van der Waals surface area contributed by atoms with Gasteiger partial charge in [0.2, 0.25) is 0 Å². The number of carbonyl (C=O) groups excluding carboxylic acids is 1. The van der Waals surface area contributed by atoms with Crippen LogP contribution in [-0.2, 0) is 4.79 Å². The zero-order valence-corrected chi connectivity index (χ0v) is 10.3. The SMILES string of the molecule is Cc1cc(C(=O)N(CC(=O)O)C2CC2)c(F)cc1F. The second-order valence-electron chi connectivity index (χ2n) is 4.64. The number of amides is 1. The number of rotatable bonds is 4. The maximum atomic E-state index is 13.6. The van der Waals surface area contributed by atoms with Gasteiger partial charge < -0.3 is 10.0 Å². The van der Waals surface area contributed by atoms with Crippen molar-refractivity contribution in [2.24, 2.45) is 0 Å². The largest absolute Gasteiger partial charge is 0.480 e. The van der Waals surface area contributed by atoms with Gasteiger partial charge in [0.15, 0.2) is 0 Å². The molecular weight excluding hydrogens is 256 g/mol. The first kappa shape index (κ1) is 13.5. The summed E-state index contributed by atoms with van der Waals surface area (Å²) in [6, 6.07) is 1.60. The molecule has 1 aliphatic carbocycles. The van der Waals surface area contributed by atoms with Crippen LogP contribution in [0.1, 0.15) is 28.8 Å². The maximum absolute atomic E-state index is 13.6. The van der Waals surface area contributed by atoms with Crippen LogP contribution in [0.25, 0.3) is 0 Å². The van der Waals surface area contributed by atoms with Crippen molar-refractivity contribution in [1.82, 2.24) is 4.90 Å². The van der Waals surface area contributed by atoms with E-state index in [9.17, 15) is 18.4 Å². The Labute approximate surface area is 108 Å². The minimum Gasteiger partial charge on any atom is -0.480 e. The molecule has 0 aromatic heterocycles. The number of aliphatic carboxylic acids is 1. The Morgan fingerprint density at radius 3 is 2.47 bits per heavy atom. The van der Waals surface area contributed by atoms with Gasteiger partial charge in [0, 0.05) is 12.1 Å².